The highest BCUT2D eigenvalue weighted by molar-refractivity contribution is 7.12. The highest BCUT2D eigenvalue weighted by Crippen LogP contribution is 2.24. The van der Waals surface area contributed by atoms with Gasteiger partial charge in [0.2, 0.25) is 11.0 Å². The second kappa shape index (κ2) is 8.76. The lowest BCUT2D eigenvalue weighted by molar-refractivity contribution is -0.115. The van der Waals surface area contributed by atoms with Crippen molar-refractivity contribution in [1.29, 1.82) is 0 Å². The zero-order valence-corrected chi connectivity index (χ0v) is 18.7. The summed E-state index contributed by atoms with van der Waals surface area (Å²) in [5.74, 6) is -0.421. The first-order chi connectivity index (χ1) is 15.3. The molecule has 0 saturated heterocycles. The van der Waals surface area contributed by atoms with Gasteiger partial charge in [-0.15, -0.1) is 11.3 Å². The Morgan fingerprint density at radius 2 is 1.88 bits per heavy atom. The lowest BCUT2D eigenvalue weighted by Gasteiger charge is -2.05. The van der Waals surface area contributed by atoms with Crippen molar-refractivity contribution in [3.8, 4) is 16.4 Å². The molecule has 0 spiro atoms. The fourth-order valence-corrected chi connectivity index (χ4v) is 4.12. The number of thiazole rings is 1. The molecule has 0 aliphatic carbocycles. The molecule has 7 nitrogen and oxygen atoms in total. The Balaban J connectivity index is 1.54. The molecular weight excluding hydrogens is 424 g/mol. The summed E-state index contributed by atoms with van der Waals surface area (Å²) in [4.78, 5) is 41.7. The summed E-state index contributed by atoms with van der Waals surface area (Å²) >= 11 is 1.35. The van der Waals surface area contributed by atoms with Crippen LogP contribution in [0.3, 0.4) is 0 Å². The first-order valence-corrected chi connectivity index (χ1v) is 10.9. The monoisotopic (exact) mass is 446 g/mol. The van der Waals surface area contributed by atoms with E-state index in [0.717, 1.165) is 16.8 Å². The number of nitrogens with one attached hydrogen (secondary N) is 2. The molecule has 162 valence electrons. The van der Waals surface area contributed by atoms with Crippen molar-refractivity contribution in [3.05, 3.63) is 86.6 Å². The van der Waals surface area contributed by atoms with Gasteiger partial charge in [-0.2, -0.15) is 4.68 Å². The lowest BCUT2D eigenvalue weighted by atomic mass is 10.1. The molecule has 0 fully saturated rings. The molecule has 2 N–H and O–H groups in total. The molecule has 2 aromatic carbocycles. The highest BCUT2D eigenvalue weighted by atomic mass is 32.1. The van der Waals surface area contributed by atoms with E-state index in [9.17, 15) is 14.4 Å². The van der Waals surface area contributed by atoms with Crippen LogP contribution in [0.1, 0.15) is 34.1 Å². The number of H-pyrrole nitrogens is 1. The number of carbonyl (C=O) groups excluding carboxylic acids is 2. The summed E-state index contributed by atoms with van der Waals surface area (Å²) in [6, 6.07) is 14.7. The van der Waals surface area contributed by atoms with Gasteiger partial charge in [-0.1, -0.05) is 42.0 Å². The van der Waals surface area contributed by atoms with Gasteiger partial charge in [0, 0.05) is 33.5 Å². The summed E-state index contributed by atoms with van der Waals surface area (Å²) < 4.78 is 1.37. The number of carbonyl (C=O) groups is 2. The summed E-state index contributed by atoms with van der Waals surface area (Å²) in [6.07, 6.45) is -0.0886. The predicted molar refractivity (Wildman–Crippen MR) is 126 cm³/mol. The minimum atomic E-state index is -0.337. The van der Waals surface area contributed by atoms with Crippen LogP contribution in [0.15, 0.2) is 58.7 Å². The Morgan fingerprint density at radius 1 is 1.12 bits per heavy atom. The number of aromatic amines is 1. The fraction of sp³-hybridized carbons (Fsp3) is 0.167. The molecule has 32 heavy (non-hydrogen) atoms. The van der Waals surface area contributed by atoms with Crippen LogP contribution >= 0.6 is 11.3 Å². The molecule has 0 aliphatic heterocycles. The van der Waals surface area contributed by atoms with Gasteiger partial charge in [-0.05, 0) is 32.9 Å². The standard InChI is InChI=1S/C24H22N4O3S/c1-14-7-9-17(10-8-14)21-13-32-24(26-21)28-23(31)20(15(2)27-28)12-22(30)25-19-6-4-5-18(11-19)16(3)29/h4-11,13,27H,12H2,1-3H3,(H,25,30). The Kier molecular flexibility index (Phi) is 5.87. The van der Waals surface area contributed by atoms with Crippen LogP contribution < -0.4 is 10.9 Å². The normalized spacial score (nSPS) is 10.8. The second-order valence-electron chi connectivity index (χ2n) is 7.60. The quantitative estimate of drug-likeness (QED) is 0.432. The van der Waals surface area contributed by atoms with Gasteiger partial charge in [0.1, 0.15) is 0 Å². The number of nitrogens with zero attached hydrogens (tertiary/aromatic N) is 2. The van der Waals surface area contributed by atoms with E-state index in [1.807, 2.05) is 36.6 Å². The van der Waals surface area contributed by atoms with Crippen LogP contribution in [0.4, 0.5) is 5.69 Å². The minimum absolute atomic E-state index is 0.0843. The zero-order chi connectivity index (χ0) is 22.8. The molecule has 0 unspecified atom stereocenters. The van der Waals surface area contributed by atoms with Crippen molar-refractivity contribution < 1.29 is 9.59 Å². The van der Waals surface area contributed by atoms with E-state index in [1.165, 1.54) is 22.9 Å². The third-order valence-corrected chi connectivity index (χ3v) is 5.94. The SMILES string of the molecule is CC(=O)c1cccc(NC(=O)Cc2c(C)[nH]n(-c3nc(-c4ccc(C)cc4)cs3)c2=O)c1. The number of anilines is 1. The largest absolute Gasteiger partial charge is 0.326 e. The number of aromatic nitrogens is 3. The molecule has 0 saturated carbocycles. The van der Waals surface area contributed by atoms with Crippen LogP contribution in [-0.2, 0) is 11.2 Å². The van der Waals surface area contributed by atoms with Crippen LogP contribution in [0.25, 0.3) is 16.4 Å². The zero-order valence-electron chi connectivity index (χ0n) is 17.9. The van der Waals surface area contributed by atoms with Gasteiger partial charge < -0.3 is 5.32 Å². The molecule has 2 aromatic heterocycles. The maximum atomic E-state index is 13.0. The third kappa shape index (κ3) is 4.45. The molecule has 0 aliphatic rings. The van der Waals surface area contributed by atoms with Crippen molar-refractivity contribution in [1.82, 2.24) is 14.8 Å². The van der Waals surface area contributed by atoms with E-state index >= 15 is 0 Å². The highest BCUT2D eigenvalue weighted by Gasteiger charge is 2.18. The van der Waals surface area contributed by atoms with Crippen molar-refractivity contribution >= 4 is 28.7 Å². The average Bonchev–Trinajstić information content (AvgIpc) is 3.35. The molecule has 8 heteroatoms. The topological polar surface area (TPSA) is 96.8 Å². The van der Waals surface area contributed by atoms with Gasteiger partial charge in [0.15, 0.2) is 5.78 Å². The summed E-state index contributed by atoms with van der Waals surface area (Å²) in [5, 5.41) is 8.19. The molecule has 0 bridgehead atoms. The average molecular weight is 447 g/mol. The van der Waals surface area contributed by atoms with Gasteiger partial charge >= 0.3 is 0 Å². The lowest BCUT2D eigenvalue weighted by Crippen LogP contribution is -2.22. The predicted octanol–water partition coefficient (Wildman–Crippen LogP) is 4.29. The Labute approximate surface area is 188 Å². The Bertz CT molecular complexity index is 1360. The maximum absolute atomic E-state index is 13.0. The number of hydrogen-bond acceptors (Lipinski definition) is 5. The van der Waals surface area contributed by atoms with E-state index < -0.39 is 0 Å². The molecule has 0 atom stereocenters. The minimum Gasteiger partial charge on any atom is -0.326 e. The van der Waals surface area contributed by atoms with Gasteiger partial charge in [-0.3, -0.25) is 19.5 Å². The Morgan fingerprint density at radius 3 is 2.59 bits per heavy atom. The van der Waals surface area contributed by atoms with E-state index in [2.05, 4.69) is 15.4 Å². The molecule has 0 radical (unpaired) electrons. The number of benzene rings is 2. The van der Waals surface area contributed by atoms with Gasteiger partial charge in [-0.25, -0.2) is 4.98 Å². The maximum Gasteiger partial charge on any atom is 0.277 e. The number of aryl methyl sites for hydroxylation is 2. The van der Waals surface area contributed by atoms with Crippen LogP contribution in [0, 0.1) is 13.8 Å². The number of amides is 1. The second-order valence-corrected chi connectivity index (χ2v) is 8.44. The number of rotatable bonds is 6. The molecular formula is C24H22N4O3S. The van der Waals surface area contributed by atoms with Gasteiger partial charge in [0.25, 0.3) is 5.56 Å². The van der Waals surface area contributed by atoms with Crippen molar-refractivity contribution in [2.45, 2.75) is 27.2 Å². The summed E-state index contributed by atoms with van der Waals surface area (Å²) in [5.41, 5.74) is 4.62. The molecule has 4 rings (SSSR count). The van der Waals surface area contributed by atoms with Crippen LogP contribution in [-0.4, -0.2) is 26.5 Å². The summed E-state index contributed by atoms with van der Waals surface area (Å²) in [7, 11) is 0. The molecule has 2 heterocycles. The summed E-state index contributed by atoms with van der Waals surface area (Å²) in [6.45, 7) is 5.25. The van der Waals surface area contributed by atoms with Crippen molar-refractivity contribution in [2.24, 2.45) is 0 Å². The smallest absolute Gasteiger partial charge is 0.277 e. The van der Waals surface area contributed by atoms with E-state index in [1.54, 1.807) is 31.2 Å². The van der Waals surface area contributed by atoms with Gasteiger partial charge in [0.05, 0.1) is 12.1 Å². The number of Topliss-reactive ketones (excluding diaryl/α,β-unsaturated/α-hetero) is 1. The first kappa shape index (κ1) is 21.5. The van der Waals surface area contributed by atoms with Crippen LogP contribution in [0.5, 0.6) is 0 Å². The van der Waals surface area contributed by atoms with Crippen molar-refractivity contribution in [2.75, 3.05) is 5.32 Å². The fourth-order valence-electron chi connectivity index (χ4n) is 3.33. The number of hydrogen-bond donors (Lipinski definition) is 2. The van der Waals surface area contributed by atoms with E-state index in [-0.39, 0.29) is 23.7 Å². The van der Waals surface area contributed by atoms with Crippen molar-refractivity contribution in [3.63, 3.8) is 0 Å². The number of ketones is 1. The van der Waals surface area contributed by atoms with Crippen LogP contribution in [0.2, 0.25) is 0 Å². The van der Waals surface area contributed by atoms with E-state index in [0.29, 0.717) is 27.6 Å². The first-order valence-electron chi connectivity index (χ1n) is 10.1. The molecule has 4 aromatic rings. The molecule has 1 amide bonds. The Hall–Kier alpha value is -3.78. The van der Waals surface area contributed by atoms with E-state index in [4.69, 9.17) is 0 Å². The third-order valence-electron chi connectivity index (χ3n) is 5.11.